The molecular formula is C30H50IN4O13-. The molecule has 276 valence electrons. The SMILES string of the molecule is O=C(O)CCCCCCCCCCCCC(=O)N[C@@H](CCC(=O)N[C@@H](CCC(=O)NN[C@@H](CCC(=O)C[I-]O)C(=O)O)C(=O)O)C(=O)O. The molecule has 48 heavy (non-hydrogen) atoms. The second-order valence-electron chi connectivity index (χ2n) is 11.3. The summed E-state index contributed by atoms with van der Waals surface area (Å²) in [4.78, 5) is 93.4. The van der Waals surface area contributed by atoms with Crippen LogP contribution in [-0.4, -0.2) is 93.8 Å². The quantitative estimate of drug-likeness (QED) is 0.0157. The minimum atomic E-state index is -1.50. The second kappa shape index (κ2) is 27.5. The average molecular weight is 802 g/mol. The fraction of sp³-hybridized carbons (Fsp3) is 0.733. The van der Waals surface area contributed by atoms with Gasteiger partial charge < -0.3 is 20.6 Å². The summed E-state index contributed by atoms with van der Waals surface area (Å²) >= 11 is -1.26. The predicted molar refractivity (Wildman–Crippen MR) is 165 cm³/mol. The van der Waals surface area contributed by atoms with Crippen molar-refractivity contribution in [3.63, 3.8) is 0 Å². The van der Waals surface area contributed by atoms with Crippen LogP contribution in [0.3, 0.4) is 0 Å². The molecule has 0 bridgehead atoms. The third kappa shape index (κ3) is 24.7. The van der Waals surface area contributed by atoms with Crippen LogP contribution in [0.25, 0.3) is 0 Å². The van der Waals surface area contributed by atoms with Crippen molar-refractivity contribution in [2.45, 2.75) is 134 Å². The van der Waals surface area contributed by atoms with Gasteiger partial charge in [0.1, 0.15) is 6.04 Å². The van der Waals surface area contributed by atoms with E-state index in [1.54, 1.807) is 0 Å². The Morgan fingerprint density at radius 3 is 1.31 bits per heavy atom. The molecule has 0 fully saturated rings. The van der Waals surface area contributed by atoms with Crippen LogP contribution in [0.15, 0.2) is 0 Å². The Balaban J connectivity index is 4.39. The van der Waals surface area contributed by atoms with Crippen LogP contribution in [0.2, 0.25) is 0 Å². The van der Waals surface area contributed by atoms with E-state index in [1.807, 2.05) is 0 Å². The van der Waals surface area contributed by atoms with Crippen molar-refractivity contribution < 1.29 is 83.8 Å². The van der Waals surface area contributed by atoms with Crippen LogP contribution >= 0.6 is 0 Å². The first-order valence-electron chi connectivity index (χ1n) is 16.0. The number of rotatable bonds is 31. The van der Waals surface area contributed by atoms with E-state index in [0.29, 0.717) is 12.8 Å². The van der Waals surface area contributed by atoms with Gasteiger partial charge in [0, 0.05) is 19.3 Å². The predicted octanol–water partition coefficient (Wildman–Crippen LogP) is -2.13. The van der Waals surface area contributed by atoms with Gasteiger partial charge in [0.15, 0.2) is 0 Å². The number of carboxylic acid groups (broad SMARTS) is 4. The number of amides is 3. The van der Waals surface area contributed by atoms with Gasteiger partial charge in [-0.1, -0.05) is 51.4 Å². The fourth-order valence-electron chi connectivity index (χ4n) is 4.50. The standard InChI is InChI=1S/C30H50IN4O13/c36-20(19-31-48)13-14-23(30(46)47)34-35-26(39)18-16-22(29(44)45)33-25(38)17-15-21(28(42)43)32-24(37)11-9-7-5-3-1-2-4-6-8-10-12-27(40)41/h21-23,34,48H,1-19H2,(H,32,37)(H,33,38)(H,35,39)(H,40,41)(H,42,43)(H,44,45)(H,46,47)/q-1/t21-,22-,23-/m0/s1. The first kappa shape index (κ1) is 44.6. The van der Waals surface area contributed by atoms with Crippen LogP contribution in [-0.2, 0) is 38.4 Å². The molecule has 0 radical (unpaired) electrons. The van der Waals surface area contributed by atoms with Crippen LogP contribution in [0.1, 0.15) is 116 Å². The number of carbonyl (C=O) groups is 8. The number of carbonyl (C=O) groups excluding carboxylic acids is 4. The van der Waals surface area contributed by atoms with Crippen molar-refractivity contribution in [1.82, 2.24) is 21.5 Å². The zero-order chi connectivity index (χ0) is 36.3. The Kier molecular flexibility index (Phi) is 25.6. The first-order valence-corrected chi connectivity index (χ1v) is 18.5. The number of halogens is 1. The van der Waals surface area contributed by atoms with Crippen molar-refractivity contribution in [1.29, 1.82) is 0 Å². The van der Waals surface area contributed by atoms with Gasteiger partial charge in [0.05, 0.1) is 0 Å². The van der Waals surface area contributed by atoms with Crippen molar-refractivity contribution in [3.05, 3.63) is 0 Å². The molecule has 9 N–H and O–H groups in total. The fourth-order valence-corrected chi connectivity index (χ4v) is 5.26. The minimum absolute atomic E-state index is 0.0184. The molecule has 0 aromatic heterocycles. The summed E-state index contributed by atoms with van der Waals surface area (Å²) in [6, 6.07) is -4.16. The molecule has 0 saturated carbocycles. The maximum absolute atomic E-state index is 12.4. The summed E-state index contributed by atoms with van der Waals surface area (Å²) in [5, 5.41) is 41.4. The van der Waals surface area contributed by atoms with Crippen LogP contribution in [0.4, 0.5) is 0 Å². The molecule has 0 saturated heterocycles. The molecule has 0 unspecified atom stereocenters. The molecule has 0 aliphatic rings. The van der Waals surface area contributed by atoms with Crippen molar-refractivity contribution in [3.8, 4) is 0 Å². The zero-order valence-corrected chi connectivity index (χ0v) is 29.2. The Hall–Kier alpha value is -3.39. The van der Waals surface area contributed by atoms with Crippen LogP contribution in [0, 0.1) is 0 Å². The van der Waals surface area contributed by atoms with Gasteiger partial charge in [-0.2, -0.15) is 0 Å². The average Bonchev–Trinajstić information content (AvgIpc) is 3.01. The van der Waals surface area contributed by atoms with Crippen molar-refractivity contribution in [2.75, 3.05) is 4.43 Å². The number of Topliss-reactive ketones (excluding diaryl/α,β-unsaturated/α-hetero) is 1. The van der Waals surface area contributed by atoms with Crippen LogP contribution < -0.4 is 43.1 Å². The summed E-state index contributed by atoms with van der Waals surface area (Å²) in [6.45, 7) is 0. The molecule has 0 aliphatic carbocycles. The van der Waals surface area contributed by atoms with Crippen LogP contribution in [0.5, 0.6) is 0 Å². The molecule has 0 aromatic carbocycles. The van der Waals surface area contributed by atoms with Gasteiger partial charge in [-0.3, -0.25) is 14.4 Å². The molecular weight excluding hydrogens is 751 g/mol. The number of carboxylic acids is 4. The number of hydrogen-bond donors (Lipinski definition) is 9. The van der Waals surface area contributed by atoms with Gasteiger partial charge in [-0.25, -0.2) is 9.59 Å². The Labute approximate surface area is 290 Å². The molecule has 0 rings (SSSR count). The summed E-state index contributed by atoms with van der Waals surface area (Å²) < 4.78 is 8.84. The van der Waals surface area contributed by atoms with Gasteiger partial charge >= 0.3 is 138 Å². The van der Waals surface area contributed by atoms with Gasteiger partial charge in [-0.15, -0.1) is 0 Å². The zero-order valence-electron chi connectivity index (χ0n) is 27.0. The number of nitrogens with one attached hydrogen (secondary N) is 4. The number of aliphatic carboxylic acids is 4. The summed E-state index contributed by atoms with van der Waals surface area (Å²) in [7, 11) is 0. The molecule has 3 atom stereocenters. The van der Waals surface area contributed by atoms with E-state index in [9.17, 15) is 53.7 Å². The van der Waals surface area contributed by atoms with Gasteiger partial charge in [0.25, 0.3) is 0 Å². The second-order valence-corrected chi connectivity index (χ2v) is 12.8. The third-order valence-electron chi connectivity index (χ3n) is 7.24. The van der Waals surface area contributed by atoms with E-state index in [2.05, 4.69) is 21.5 Å². The molecule has 0 aliphatic heterocycles. The minimum Gasteiger partial charge on any atom is -0.480 e. The van der Waals surface area contributed by atoms with E-state index in [1.165, 1.54) is 0 Å². The normalized spacial score (nSPS) is 12.8. The van der Waals surface area contributed by atoms with E-state index in [4.69, 9.17) is 8.54 Å². The number of alkyl halides is 1. The van der Waals surface area contributed by atoms with Crippen molar-refractivity contribution >= 4 is 47.4 Å². The molecule has 0 heterocycles. The van der Waals surface area contributed by atoms with Crippen molar-refractivity contribution in [2.24, 2.45) is 0 Å². The molecule has 18 heteroatoms. The third-order valence-corrected chi connectivity index (χ3v) is 8.43. The van der Waals surface area contributed by atoms with Gasteiger partial charge in [0.2, 0.25) is 11.8 Å². The number of hydrazine groups is 1. The smallest absolute Gasteiger partial charge is 0.480 e. The molecule has 0 spiro atoms. The maximum atomic E-state index is 12.4. The monoisotopic (exact) mass is 801 g/mol. The van der Waals surface area contributed by atoms with E-state index in [0.717, 1.165) is 51.4 Å². The van der Waals surface area contributed by atoms with E-state index in [-0.39, 0.29) is 48.7 Å². The number of unbranched alkanes of at least 4 members (excludes halogenated alkanes) is 9. The summed E-state index contributed by atoms with van der Waals surface area (Å²) in [6.07, 6.45) is 7.64. The Morgan fingerprint density at radius 2 is 0.875 bits per heavy atom. The topological polar surface area (TPSA) is 286 Å². The molecule has 17 nitrogen and oxygen atoms in total. The molecule has 3 amide bonds. The Morgan fingerprint density at radius 1 is 0.479 bits per heavy atom. The summed E-state index contributed by atoms with van der Waals surface area (Å²) in [5.41, 5.74) is 4.39. The number of hydrogen-bond acceptors (Lipinski definition) is 10. The molecule has 0 aromatic rings. The summed E-state index contributed by atoms with van der Waals surface area (Å²) in [5.74, 6) is -7.27. The first-order chi connectivity index (χ1) is 22.8. The van der Waals surface area contributed by atoms with Gasteiger partial charge in [-0.05, 0) is 19.3 Å². The van der Waals surface area contributed by atoms with E-state index >= 15 is 0 Å². The Bertz CT molecular complexity index is 1060. The van der Waals surface area contributed by atoms with E-state index < -0.39 is 94.2 Å². The number of ketones is 1.